The van der Waals surface area contributed by atoms with Crippen molar-refractivity contribution in [3.63, 3.8) is 0 Å². The highest BCUT2D eigenvalue weighted by molar-refractivity contribution is 7.80. The Morgan fingerprint density at radius 2 is 1.91 bits per heavy atom. The van der Waals surface area contributed by atoms with E-state index in [4.69, 9.17) is 17.0 Å². The Bertz CT molecular complexity index is 656. The summed E-state index contributed by atoms with van der Waals surface area (Å²) in [7, 11) is 0. The van der Waals surface area contributed by atoms with Crippen molar-refractivity contribution < 1.29 is 4.74 Å². The molecule has 0 aliphatic rings. The smallest absolute Gasteiger partial charge is 0.187 e. The maximum absolute atomic E-state index is 5.77. The zero-order chi connectivity index (χ0) is 15.6. The van der Waals surface area contributed by atoms with Crippen LogP contribution in [0.15, 0.2) is 72.4 Å². The fourth-order valence-electron chi connectivity index (χ4n) is 1.65. The standard InChI is InChI=1S/C17H17N3OS/c1-2-11-18-17(22)20-19-13-14-7-6-10-16(12-14)21-15-8-4-3-5-9-15/h2-10,12-13H,1,11H2,(H2,18,20,22)/b19-13-. The van der Waals surface area contributed by atoms with E-state index < -0.39 is 0 Å². The molecule has 0 saturated carbocycles. The first kappa shape index (κ1) is 15.7. The minimum absolute atomic E-state index is 0.452. The maximum atomic E-state index is 5.77. The number of rotatable bonds is 6. The molecule has 0 spiro atoms. The third-order valence-electron chi connectivity index (χ3n) is 2.62. The number of nitrogens with one attached hydrogen (secondary N) is 2. The molecule has 2 rings (SSSR count). The van der Waals surface area contributed by atoms with Crippen LogP contribution in [0.5, 0.6) is 11.5 Å². The average Bonchev–Trinajstić information content (AvgIpc) is 2.54. The highest BCUT2D eigenvalue weighted by Crippen LogP contribution is 2.21. The van der Waals surface area contributed by atoms with Crippen molar-refractivity contribution in [2.45, 2.75) is 0 Å². The third kappa shape index (κ3) is 5.38. The number of hydrazone groups is 1. The van der Waals surface area contributed by atoms with Crippen LogP contribution in [0.4, 0.5) is 0 Å². The molecule has 112 valence electrons. The molecule has 0 aromatic heterocycles. The van der Waals surface area contributed by atoms with Crippen molar-refractivity contribution in [2.24, 2.45) is 5.10 Å². The van der Waals surface area contributed by atoms with E-state index in [-0.39, 0.29) is 0 Å². The lowest BCUT2D eigenvalue weighted by molar-refractivity contribution is 0.482. The van der Waals surface area contributed by atoms with Crippen molar-refractivity contribution >= 4 is 23.5 Å². The largest absolute Gasteiger partial charge is 0.457 e. The summed E-state index contributed by atoms with van der Waals surface area (Å²) in [6.45, 7) is 4.20. The van der Waals surface area contributed by atoms with Crippen molar-refractivity contribution in [3.8, 4) is 11.5 Å². The molecular formula is C17H17N3OS. The average molecular weight is 311 g/mol. The Kier molecular flexibility index (Phi) is 6.14. The molecule has 0 amide bonds. The van der Waals surface area contributed by atoms with Crippen molar-refractivity contribution in [2.75, 3.05) is 6.54 Å². The van der Waals surface area contributed by atoms with E-state index in [1.165, 1.54) is 0 Å². The van der Waals surface area contributed by atoms with Crippen molar-refractivity contribution in [3.05, 3.63) is 72.8 Å². The number of ether oxygens (including phenoxy) is 1. The minimum Gasteiger partial charge on any atom is -0.457 e. The highest BCUT2D eigenvalue weighted by atomic mass is 32.1. The van der Waals surface area contributed by atoms with Crippen LogP contribution in [-0.4, -0.2) is 17.9 Å². The number of para-hydroxylation sites is 1. The molecule has 2 N–H and O–H groups in total. The Morgan fingerprint density at radius 3 is 2.68 bits per heavy atom. The SMILES string of the molecule is C=CCNC(=S)N/N=C\c1cccc(Oc2ccccc2)c1. The summed E-state index contributed by atoms with van der Waals surface area (Å²) in [5.41, 5.74) is 3.65. The summed E-state index contributed by atoms with van der Waals surface area (Å²) in [4.78, 5) is 0. The number of thiocarbonyl (C=S) groups is 1. The maximum Gasteiger partial charge on any atom is 0.187 e. The second kappa shape index (κ2) is 8.59. The van der Waals surface area contributed by atoms with Gasteiger partial charge in [0.25, 0.3) is 0 Å². The van der Waals surface area contributed by atoms with Gasteiger partial charge in [0.2, 0.25) is 0 Å². The van der Waals surface area contributed by atoms with Crippen molar-refractivity contribution in [1.82, 2.24) is 10.7 Å². The predicted molar refractivity (Wildman–Crippen MR) is 94.5 cm³/mol. The lowest BCUT2D eigenvalue weighted by Gasteiger charge is -2.06. The number of hydrogen-bond donors (Lipinski definition) is 2. The van der Waals surface area contributed by atoms with Gasteiger partial charge in [0.1, 0.15) is 11.5 Å². The monoisotopic (exact) mass is 311 g/mol. The first-order valence-corrected chi connectivity index (χ1v) is 7.19. The van der Waals surface area contributed by atoms with E-state index in [2.05, 4.69) is 22.4 Å². The van der Waals surface area contributed by atoms with Gasteiger partial charge in [-0.1, -0.05) is 36.4 Å². The first-order chi connectivity index (χ1) is 10.8. The predicted octanol–water partition coefficient (Wildman–Crippen LogP) is 3.46. The van der Waals surface area contributed by atoms with Gasteiger partial charge in [0.05, 0.1) is 6.21 Å². The van der Waals surface area contributed by atoms with Gasteiger partial charge in [-0.3, -0.25) is 5.43 Å². The summed E-state index contributed by atoms with van der Waals surface area (Å²) < 4.78 is 5.77. The molecule has 0 bridgehead atoms. The van der Waals surface area contributed by atoms with Gasteiger partial charge in [-0.05, 0) is 42.0 Å². The molecule has 0 aliphatic heterocycles. The molecule has 0 unspecified atom stereocenters. The highest BCUT2D eigenvalue weighted by Gasteiger charge is 1.97. The van der Waals surface area contributed by atoms with E-state index in [0.29, 0.717) is 11.7 Å². The number of hydrogen-bond acceptors (Lipinski definition) is 3. The van der Waals surface area contributed by atoms with E-state index in [1.54, 1.807) is 12.3 Å². The Labute approximate surface area is 135 Å². The van der Waals surface area contributed by atoms with Crippen LogP contribution < -0.4 is 15.5 Å². The molecule has 0 saturated heterocycles. The zero-order valence-electron chi connectivity index (χ0n) is 12.0. The molecule has 0 heterocycles. The molecule has 0 atom stereocenters. The summed E-state index contributed by atoms with van der Waals surface area (Å²) in [6.07, 6.45) is 3.40. The van der Waals surface area contributed by atoms with Gasteiger partial charge in [-0.25, -0.2) is 0 Å². The number of nitrogens with zero attached hydrogens (tertiary/aromatic N) is 1. The third-order valence-corrected chi connectivity index (χ3v) is 2.86. The molecule has 0 aliphatic carbocycles. The van der Waals surface area contributed by atoms with Crippen LogP contribution in [0, 0.1) is 0 Å². The van der Waals surface area contributed by atoms with E-state index in [0.717, 1.165) is 17.1 Å². The van der Waals surface area contributed by atoms with Gasteiger partial charge in [-0.2, -0.15) is 5.10 Å². The normalized spacial score (nSPS) is 10.2. The summed E-state index contributed by atoms with van der Waals surface area (Å²) >= 11 is 5.04. The second-order valence-electron chi connectivity index (χ2n) is 4.36. The number of benzene rings is 2. The molecule has 0 fully saturated rings. The molecule has 2 aromatic carbocycles. The summed E-state index contributed by atoms with van der Waals surface area (Å²) in [5.74, 6) is 1.55. The van der Waals surface area contributed by atoms with Crippen LogP contribution in [-0.2, 0) is 0 Å². The van der Waals surface area contributed by atoms with Crippen LogP contribution in [0.3, 0.4) is 0 Å². The molecule has 4 nitrogen and oxygen atoms in total. The second-order valence-corrected chi connectivity index (χ2v) is 4.76. The fourth-order valence-corrected chi connectivity index (χ4v) is 1.79. The lowest BCUT2D eigenvalue weighted by atomic mass is 10.2. The molecule has 5 heteroatoms. The molecule has 2 aromatic rings. The van der Waals surface area contributed by atoms with E-state index in [9.17, 15) is 0 Å². The minimum atomic E-state index is 0.452. The van der Waals surface area contributed by atoms with E-state index in [1.807, 2.05) is 54.6 Å². The van der Waals surface area contributed by atoms with Crippen molar-refractivity contribution in [1.29, 1.82) is 0 Å². The van der Waals surface area contributed by atoms with Gasteiger partial charge < -0.3 is 10.1 Å². The zero-order valence-corrected chi connectivity index (χ0v) is 12.8. The Balaban J connectivity index is 1.93. The molecule has 22 heavy (non-hydrogen) atoms. The van der Waals surface area contributed by atoms with Crippen LogP contribution in [0.2, 0.25) is 0 Å². The lowest BCUT2D eigenvalue weighted by Crippen LogP contribution is -2.31. The molecule has 0 radical (unpaired) electrons. The van der Waals surface area contributed by atoms with Crippen LogP contribution in [0.25, 0.3) is 0 Å². The quantitative estimate of drug-likeness (QED) is 0.371. The Hall–Kier alpha value is -2.66. The Morgan fingerprint density at radius 1 is 1.14 bits per heavy atom. The van der Waals surface area contributed by atoms with E-state index >= 15 is 0 Å². The van der Waals surface area contributed by atoms with Gasteiger partial charge >= 0.3 is 0 Å². The fraction of sp³-hybridized carbons (Fsp3) is 0.0588. The van der Waals surface area contributed by atoms with Gasteiger partial charge in [-0.15, -0.1) is 6.58 Å². The molecular weight excluding hydrogens is 294 g/mol. The first-order valence-electron chi connectivity index (χ1n) is 6.78. The van der Waals surface area contributed by atoms with Gasteiger partial charge in [0.15, 0.2) is 5.11 Å². The summed E-state index contributed by atoms with van der Waals surface area (Å²) in [6, 6.07) is 17.3. The topological polar surface area (TPSA) is 45.7 Å². The van der Waals surface area contributed by atoms with Crippen LogP contribution >= 0.6 is 12.2 Å². The van der Waals surface area contributed by atoms with Gasteiger partial charge in [0, 0.05) is 6.54 Å². The summed E-state index contributed by atoms with van der Waals surface area (Å²) in [5, 5.41) is 7.45. The van der Waals surface area contributed by atoms with Crippen LogP contribution in [0.1, 0.15) is 5.56 Å².